The molecule has 2 N–H and O–H groups in total. The standard InChI is InChI=1S/C14H20N2O3/c1-10(2)16(3)14(19)15-12(13(17)18)9-11-7-5-4-6-8-11/h4-8,10,12H,9H2,1-3H3,(H,15,19)(H,17,18)/t12-/m1/s1. The maximum absolute atomic E-state index is 11.8. The van der Waals surface area contributed by atoms with E-state index in [1.165, 1.54) is 4.90 Å². The van der Waals surface area contributed by atoms with Gasteiger partial charge >= 0.3 is 12.0 Å². The summed E-state index contributed by atoms with van der Waals surface area (Å²) in [5.41, 5.74) is 0.877. The smallest absolute Gasteiger partial charge is 0.326 e. The van der Waals surface area contributed by atoms with Gasteiger partial charge in [-0.05, 0) is 19.4 Å². The Kier molecular flexibility index (Phi) is 5.36. The predicted molar refractivity (Wildman–Crippen MR) is 73.0 cm³/mol. The van der Waals surface area contributed by atoms with Gasteiger partial charge in [0, 0.05) is 19.5 Å². The fourth-order valence-electron chi connectivity index (χ4n) is 1.54. The van der Waals surface area contributed by atoms with Crippen LogP contribution in [0.4, 0.5) is 4.79 Å². The van der Waals surface area contributed by atoms with Gasteiger partial charge in [-0.15, -0.1) is 0 Å². The van der Waals surface area contributed by atoms with Gasteiger partial charge in [-0.1, -0.05) is 30.3 Å². The zero-order chi connectivity index (χ0) is 14.4. The normalized spacial score (nSPS) is 12.0. The summed E-state index contributed by atoms with van der Waals surface area (Å²) in [4.78, 5) is 24.5. The van der Waals surface area contributed by atoms with E-state index in [0.717, 1.165) is 5.56 Å². The lowest BCUT2D eigenvalue weighted by Gasteiger charge is -2.24. The summed E-state index contributed by atoms with van der Waals surface area (Å²) in [5.74, 6) is -1.03. The van der Waals surface area contributed by atoms with Gasteiger partial charge in [0.05, 0.1) is 0 Å². The lowest BCUT2D eigenvalue weighted by molar-refractivity contribution is -0.139. The second kappa shape index (κ2) is 6.78. The number of benzene rings is 1. The number of carboxylic acid groups (broad SMARTS) is 1. The monoisotopic (exact) mass is 264 g/mol. The van der Waals surface area contributed by atoms with Crippen molar-refractivity contribution in [2.24, 2.45) is 0 Å². The number of nitrogens with one attached hydrogen (secondary N) is 1. The average molecular weight is 264 g/mol. The Bertz CT molecular complexity index is 432. The summed E-state index contributed by atoms with van der Waals surface area (Å²) in [5, 5.41) is 11.7. The Morgan fingerprint density at radius 2 is 1.84 bits per heavy atom. The van der Waals surface area contributed by atoms with E-state index in [9.17, 15) is 14.7 Å². The van der Waals surface area contributed by atoms with E-state index in [2.05, 4.69) is 5.32 Å². The van der Waals surface area contributed by atoms with Crippen LogP contribution in [0.15, 0.2) is 30.3 Å². The summed E-state index contributed by atoms with van der Waals surface area (Å²) >= 11 is 0. The topological polar surface area (TPSA) is 69.6 Å². The zero-order valence-electron chi connectivity index (χ0n) is 11.5. The number of amides is 2. The Balaban J connectivity index is 2.69. The van der Waals surface area contributed by atoms with Gasteiger partial charge in [0.2, 0.25) is 0 Å². The van der Waals surface area contributed by atoms with Crippen molar-refractivity contribution in [3.63, 3.8) is 0 Å². The van der Waals surface area contributed by atoms with E-state index in [1.807, 2.05) is 44.2 Å². The molecule has 5 heteroatoms. The molecule has 5 nitrogen and oxygen atoms in total. The fourth-order valence-corrected chi connectivity index (χ4v) is 1.54. The highest BCUT2D eigenvalue weighted by Gasteiger charge is 2.22. The Hall–Kier alpha value is -2.04. The molecule has 0 heterocycles. The van der Waals surface area contributed by atoms with Gasteiger partial charge in [0.1, 0.15) is 6.04 Å². The molecule has 0 aliphatic carbocycles. The molecule has 0 saturated carbocycles. The second-order valence-electron chi connectivity index (χ2n) is 4.73. The zero-order valence-corrected chi connectivity index (χ0v) is 11.5. The van der Waals surface area contributed by atoms with Crippen molar-refractivity contribution in [1.29, 1.82) is 0 Å². The number of carbonyl (C=O) groups is 2. The number of aliphatic carboxylic acids is 1. The van der Waals surface area contributed by atoms with Crippen LogP contribution in [0.3, 0.4) is 0 Å². The Labute approximate surface area is 113 Å². The first-order valence-corrected chi connectivity index (χ1v) is 6.22. The molecule has 0 unspecified atom stereocenters. The van der Waals surface area contributed by atoms with E-state index in [0.29, 0.717) is 0 Å². The minimum absolute atomic E-state index is 0.0196. The van der Waals surface area contributed by atoms with Crippen LogP contribution in [0, 0.1) is 0 Å². The second-order valence-corrected chi connectivity index (χ2v) is 4.73. The third-order valence-corrected chi connectivity index (χ3v) is 2.97. The Morgan fingerprint density at radius 3 is 2.32 bits per heavy atom. The summed E-state index contributed by atoms with van der Waals surface area (Å²) in [6, 6.07) is 7.96. The summed E-state index contributed by atoms with van der Waals surface area (Å²) < 4.78 is 0. The molecule has 0 spiro atoms. The maximum Gasteiger partial charge on any atom is 0.326 e. The van der Waals surface area contributed by atoms with Gasteiger partial charge in [0.15, 0.2) is 0 Å². The molecule has 0 radical (unpaired) electrons. The third-order valence-electron chi connectivity index (χ3n) is 2.97. The van der Waals surface area contributed by atoms with Crippen LogP contribution in [-0.4, -0.2) is 41.1 Å². The van der Waals surface area contributed by atoms with Crippen LogP contribution in [0.1, 0.15) is 19.4 Å². The summed E-state index contributed by atoms with van der Waals surface area (Å²) in [6.07, 6.45) is 0.272. The first-order valence-electron chi connectivity index (χ1n) is 6.22. The number of hydrogen-bond acceptors (Lipinski definition) is 2. The summed E-state index contributed by atoms with van der Waals surface area (Å²) in [6.45, 7) is 3.74. The van der Waals surface area contributed by atoms with Crippen LogP contribution in [0.25, 0.3) is 0 Å². The van der Waals surface area contributed by atoms with Crippen LogP contribution >= 0.6 is 0 Å². The van der Waals surface area contributed by atoms with E-state index < -0.39 is 12.0 Å². The van der Waals surface area contributed by atoms with Crippen LogP contribution in [0.5, 0.6) is 0 Å². The van der Waals surface area contributed by atoms with Crippen molar-refractivity contribution in [2.45, 2.75) is 32.4 Å². The van der Waals surface area contributed by atoms with Crippen molar-refractivity contribution >= 4 is 12.0 Å². The highest BCUT2D eigenvalue weighted by Crippen LogP contribution is 2.04. The molecule has 1 atom stereocenters. The van der Waals surface area contributed by atoms with Crippen LogP contribution < -0.4 is 5.32 Å². The van der Waals surface area contributed by atoms with Crippen molar-refractivity contribution in [2.75, 3.05) is 7.05 Å². The van der Waals surface area contributed by atoms with Gasteiger partial charge in [-0.25, -0.2) is 9.59 Å². The van der Waals surface area contributed by atoms with Crippen LogP contribution in [-0.2, 0) is 11.2 Å². The number of nitrogens with zero attached hydrogens (tertiary/aromatic N) is 1. The first kappa shape index (κ1) is 15.0. The molecular formula is C14H20N2O3. The molecule has 1 rings (SSSR count). The average Bonchev–Trinajstić information content (AvgIpc) is 2.37. The number of rotatable bonds is 5. The Morgan fingerprint density at radius 1 is 1.26 bits per heavy atom. The number of hydrogen-bond donors (Lipinski definition) is 2. The minimum atomic E-state index is -1.03. The highest BCUT2D eigenvalue weighted by atomic mass is 16.4. The van der Waals surface area contributed by atoms with E-state index >= 15 is 0 Å². The van der Waals surface area contributed by atoms with Crippen molar-refractivity contribution in [3.05, 3.63) is 35.9 Å². The molecule has 2 amide bonds. The van der Waals surface area contributed by atoms with Crippen molar-refractivity contribution < 1.29 is 14.7 Å². The number of carbonyl (C=O) groups excluding carboxylic acids is 1. The first-order chi connectivity index (χ1) is 8.91. The van der Waals surface area contributed by atoms with E-state index in [4.69, 9.17) is 0 Å². The molecule has 0 aliphatic rings. The van der Waals surface area contributed by atoms with Crippen LogP contribution in [0.2, 0.25) is 0 Å². The largest absolute Gasteiger partial charge is 0.480 e. The predicted octanol–water partition coefficient (Wildman–Crippen LogP) is 1.73. The van der Waals surface area contributed by atoms with Gasteiger partial charge in [-0.2, -0.15) is 0 Å². The molecule has 1 aromatic carbocycles. The molecule has 19 heavy (non-hydrogen) atoms. The van der Waals surface area contributed by atoms with Crippen molar-refractivity contribution in [3.8, 4) is 0 Å². The molecule has 0 aliphatic heterocycles. The van der Waals surface area contributed by atoms with Gasteiger partial charge < -0.3 is 15.3 Å². The number of carboxylic acids is 1. The number of urea groups is 1. The van der Waals surface area contributed by atoms with Gasteiger partial charge in [-0.3, -0.25) is 0 Å². The molecule has 0 fully saturated rings. The quantitative estimate of drug-likeness (QED) is 0.851. The maximum atomic E-state index is 11.8. The molecule has 1 aromatic rings. The molecule has 0 aromatic heterocycles. The van der Waals surface area contributed by atoms with E-state index in [1.54, 1.807) is 7.05 Å². The fraction of sp³-hybridized carbons (Fsp3) is 0.429. The molecule has 104 valence electrons. The minimum Gasteiger partial charge on any atom is -0.480 e. The van der Waals surface area contributed by atoms with E-state index in [-0.39, 0.29) is 18.5 Å². The van der Waals surface area contributed by atoms with Crippen molar-refractivity contribution in [1.82, 2.24) is 10.2 Å². The highest BCUT2D eigenvalue weighted by molar-refractivity contribution is 5.82. The lowest BCUT2D eigenvalue weighted by atomic mass is 10.1. The molecule has 0 saturated heterocycles. The molecule has 0 bridgehead atoms. The third kappa shape index (κ3) is 4.62. The molecular weight excluding hydrogens is 244 g/mol. The van der Waals surface area contributed by atoms with Gasteiger partial charge in [0.25, 0.3) is 0 Å². The summed E-state index contributed by atoms with van der Waals surface area (Å²) in [7, 11) is 1.64. The lowest BCUT2D eigenvalue weighted by Crippen LogP contribution is -2.49. The SMILES string of the molecule is CC(C)N(C)C(=O)N[C@H](Cc1ccccc1)C(=O)O.